The predicted molar refractivity (Wildman–Crippen MR) is 48.3 cm³/mol. The molecule has 0 amide bonds. The third-order valence-electron chi connectivity index (χ3n) is 2.99. The van der Waals surface area contributed by atoms with Gasteiger partial charge in [-0.2, -0.15) is 74.6 Å². The molecule has 0 heterocycles. The van der Waals surface area contributed by atoms with Crippen LogP contribution in [0.2, 0.25) is 0 Å². The normalized spacial score (nSPS) is 15.8. The Morgan fingerprint density at radius 2 is 0.655 bits per heavy atom. The first-order valence-corrected chi connectivity index (χ1v) is 5.64. The first-order valence-electron chi connectivity index (χ1n) is 5.64. The molecule has 0 spiro atoms. The van der Waals surface area contributed by atoms with Gasteiger partial charge in [-0.05, 0) is 0 Å². The van der Waals surface area contributed by atoms with Crippen molar-refractivity contribution in [3.63, 3.8) is 0 Å². The summed E-state index contributed by atoms with van der Waals surface area (Å²) in [5, 5.41) is 7.59. The smallest absolute Gasteiger partial charge is 0.460 e. The van der Waals surface area contributed by atoms with E-state index in [0.717, 1.165) is 0 Å². The summed E-state index contributed by atoms with van der Waals surface area (Å²) in [6, 6.07) is 0. The minimum absolute atomic E-state index is 0. The molecule has 0 saturated heterocycles. The van der Waals surface area contributed by atoms with Gasteiger partial charge in [0.25, 0.3) is 0 Å². The zero-order chi connectivity index (χ0) is 23.6. The van der Waals surface area contributed by atoms with E-state index in [1.54, 1.807) is 0 Å². The van der Waals surface area contributed by atoms with Crippen LogP contribution >= 0.6 is 0 Å². The molecule has 0 aliphatic rings. The topological polar surface area (TPSA) is 37.3 Å². The summed E-state index contributed by atoms with van der Waals surface area (Å²) in [7, 11) is 0. The second-order valence-electron chi connectivity index (χ2n) is 4.82. The zero-order valence-electron chi connectivity index (χ0n) is 12.2. The minimum atomic E-state index is -8.76. The molecule has 0 radical (unpaired) electrons. The van der Waals surface area contributed by atoms with E-state index < -0.39 is 53.6 Å². The fourth-order valence-electron chi connectivity index (χ4n) is 1.30. The minimum Gasteiger partial charge on any atom is -0.477 e. The third-order valence-corrected chi connectivity index (χ3v) is 2.99. The van der Waals surface area contributed by atoms with Crippen molar-refractivity contribution in [2.45, 2.75) is 47.6 Å². The number of rotatable bonds is 7. The second-order valence-corrected chi connectivity index (χ2v) is 4.82. The summed E-state index contributed by atoms with van der Waals surface area (Å²) in [6.07, 6.45) is -7.83. The largest absolute Gasteiger partial charge is 0.477 e. The van der Waals surface area contributed by atoms with E-state index >= 15 is 0 Å². The Bertz CT molecular complexity index is 621. The molecule has 0 rings (SSSR count). The summed E-state index contributed by atoms with van der Waals surface area (Å²) < 4.78 is 214. The monoisotopic (exact) mass is 516 g/mol. The van der Waals surface area contributed by atoms with Crippen molar-refractivity contribution < 1.29 is 102 Å². The first kappa shape index (κ1) is 30.0. The van der Waals surface area contributed by atoms with Gasteiger partial charge in [-0.15, -0.1) is 0 Å². The van der Waals surface area contributed by atoms with Crippen molar-refractivity contribution in [3.8, 4) is 0 Å². The van der Waals surface area contributed by atoms with E-state index in [1.807, 2.05) is 0 Å². The summed E-state index contributed by atoms with van der Waals surface area (Å²) >= 11 is 0. The molecule has 0 aromatic rings. The van der Waals surface area contributed by atoms with Gasteiger partial charge in [-0.1, -0.05) is 0 Å². The van der Waals surface area contributed by atoms with Gasteiger partial charge in [0.05, 0.1) is 0 Å². The van der Waals surface area contributed by atoms with E-state index in [-0.39, 0.29) is 17.4 Å². The van der Waals surface area contributed by atoms with E-state index in [0.29, 0.717) is 0 Å². The molecule has 0 bridgehead atoms. The van der Waals surface area contributed by atoms with Crippen LogP contribution in [0.15, 0.2) is 0 Å². The number of carboxylic acids is 1. The van der Waals surface area contributed by atoms with Gasteiger partial charge >= 0.3 is 53.6 Å². The van der Waals surface area contributed by atoms with Crippen LogP contribution in [0.1, 0.15) is 0 Å². The van der Waals surface area contributed by atoms with Gasteiger partial charge in [0.1, 0.15) is 0 Å². The molecule has 0 aliphatic heterocycles. The first-order chi connectivity index (χ1) is 11.7. The number of hydrogen-bond acceptors (Lipinski definition) is 1. The maximum atomic E-state index is 13.0. The van der Waals surface area contributed by atoms with E-state index in [2.05, 4.69) is 0 Å². The van der Waals surface area contributed by atoms with Crippen LogP contribution in [-0.4, -0.2) is 58.7 Å². The summed E-state index contributed by atoms with van der Waals surface area (Å²) in [5.41, 5.74) is 0. The summed E-state index contributed by atoms with van der Waals surface area (Å²) in [5.74, 6) is -62.9. The molecule has 1 N–H and O–H groups in total. The van der Waals surface area contributed by atoms with Crippen LogP contribution in [-0.2, 0) is 22.2 Å². The molecule has 29 heavy (non-hydrogen) atoms. The van der Waals surface area contributed by atoms with E-state index in [1.165, 1.54) is 0 Å². The third kappa shape index (κ3) is 3.59. The molecule has 0 fully saturated rings. The molecule has 0 atom stereocenters. The van der Waals surface area contributed by atoms with Crippen LogP contribution in [0.3, 0.4) is 0 Å². The average Bonchev–Trinajstić information content (AvgIpc) is 2.44. The second kappa shape index (κ2) is 7.20. The van der Waals surface area contributed by atoms with Gasteiger partial charge in [0.2, 0.25) is 0 Å². The molecular weight excluding hydrogens is 515 g/mol. The number of halogens is 17. The Morgan fingerprint density at radius 1 is 0.448 bits per heavy atom. The van der Waals surface area contributed by atoms with Crippen molar-refractivity contribution in [2.75, 3.05) is 0 Å². The molecule has 0 aliphatic carbocycles. The van der Waals surface area contributed by atoms with Gasteiger partial charge in [-0.3, -0.25) is 0 Å². The van der Waals surface area contributed by atoms with Crippen molar-refractivity contribution in [1.82, 2.24) is 0 Å². The zero-order valence-corrected chi connectivity index (χ0v) is 13.5. The number of carboxylic acid groups (broad SMARTS) is 1. The number of alkyl halides is 17. The van der Waals surface area contributed by atoms with Crippen molar-refractivity contribution >= 4 is 5.97 Å². The van der Waals surface area contributed by atoms with Crippen LogP contribution in [0.4, 0.5) is 74.6 Å². The SMILES string of the molecule is O=C(O)C(F)(F)C(F)(F)C(F)(F)C(F)(F)C(F)(F)C(F)(F)C(F)(F)C(F)(F)F.[Cr]. The Hall–Kier alpha value is -1.19. The van der Waals surface area contributed by atoms with E-state index in [9.17, 15) is 79.4 Å². The number of aliphatic carboxylic acids is 1. The Labute approximate surface area is 156 Å². The molecule has 0 saturated carbocycles. The Kier molecular flexibility index (Phi) is 7.45. The predicted octanol–water partition coefficient (Wildman–Crippen LogP) is 5.08. The number of carbonyl (C=O) groups is 1. The van der Waals surface area contributed by atoms with Gasteiger partial charge in [0, 0.05) is 17.4 Å². The molecule has 0 aromatic heterocycles. The maximum absolute atomic E-state index is 13.0. The maximum Gasteiger partial charge on any atom is 0.460 e. The molecule has 0 unspecified atom stereocenters. The average molecular weight is 516 g/mol. The Balaban J connectivity index is 0. The van der Waals surface area contributed by atoms with Crippen molar-refractivity contribution in [2.24, 2.45) is 0 Å². The van der Waals surface area contributed by atoms with E-state index in [4.69, 9.17) is 5.11 Å². The quantitative estimate of drug-likeness (QED) is 0.480. The van der Waals surface area contributed by atoms with Crippen LogP contribution in [0.5, 0.6) is 0 Å². The number of hydrogen-bond donors (Lipinski definition) is 1. The fraction of sp³-hybridized carbons (Fsp3) is 0.889. The van der Waals surface area contributed by atoms with Crippen LogP contribution in [0, 0.1) is 0 Å². The summed E-state index contributed by atoms with van der Waals surface area (Å²) in [4.78, 5) is 9.77. The molecule has 0 aromatic carbocycles. The molecule has 20 heteroatoms. The molecule has 2 nitrogen and oxygen atoms in total. The van der Waals surface area contributed by atoms with Gasteiger partial charge in [0.15, 0.2) is 0 Å². The summed E-state index contributed by atoms with van der Waals surface area (Å²) in [6.45, 7) is 0. The molecule has 174 valence electrons. The van der Waals surface area contributed by atoms with Gasteiger partial charge < -0.3 is 5.11 Å². The van der Waals surface area contributed by atoms with Crippen molar-refractivity contribution in [1.29, 1.82) is 0 Å². The fourth-order valence-corrected chi connectivity index (χ4v) is 1.30. The van der Waals surface area contributed by atoms with Crippen LogP contribution in [0.25, 0.3) is 0 Å². The van der Waals surface area contributed by atoms with Crippen LogP contribution < -0.4 is 0 Å². The standard InChI is InChI=1S/C9HF17O2.Cr/c10-2(11,1(27)28)3(12,13)4(14,15)5(16,17)6(18,19)7(20,21)8(22,23)9(24,25)26;/h(H,27,28);. The van der Waals surface area contributed by atoms with Gasteiger partial charge in [-0.25, -0.2) is 4.79 Å². The van der Waals surface area contributed by atoms with Crippen molar-refractivity contribution in [3.05, 3.63) is 0 Å². The molecular formula is C9HCrF17O2. The Morgan fingerprint density at radius 3 is 0.862 bits per heavy atom.